The zero-order valence-electron chi connectivity index (χ0n) is 13.7. The maximum Gasteiger partial charge on any atom is 0.534 e. The molecule has 1 fully saturated rings. The molecule has 142 valence electrons. The summed E-state index contributed by atoms with van der Waals surface area (Å²) >= 11 is 0. The zero-order valence-corrected chi connectivity index (χ0v) is 14.5. The molecule has 25 heavy (non-hydrogen) atoms. The maximum atomic E-state index is 12.6. The van der Waals surface area contributed by atoms with E-state index in [1.54, 1.807) is 6.92 Å². The van der Waals surface area contributed by atoms with E-state index in [0.29, 0.717) is 0 Å². The SMILES string of the molecule is COC(=O)C1=C(OS(=O)(=O)C(F)(F)F)C(C)C2C(C(C)OC)C(=O)N12. The molecule has 1 amide bonds. The number of amides is 1. The first-order valence-electron chi connectivity index (χ1n) is 7.08. The van der Waals surface area contributed by atoms with Crippen LogP contribution < -0.4 is 0 Å². The summed E-state index contributed by atoms with van der Waals surface area (Å²) in [6.07, 6.45) is -0.589. The van der Waals surface area contributed by atoms with E-state index >= 15 is 0 Å². The predicted octanol–water partition coefficient (Wildman–Crippen LogP) is 0.749. The Morgan fingerprint density at radius 2 is 1.84 bits per heavy atom. The summed E-state index contributed by atoms with van der Waals surface area (Å²) in [5.74, 6) is -4.26. The van der Waals surface area contributed by atoms with Gasteiger partial charge in [-0.25, -0.2) is 4.79 Å². The summed E-state index contributed by atoms with van der Waals surface area (Å²) in [5.41, 5.74) is -6.32. The molecule has 4 unspecified atom stereocenters. The lowest BCUT2D eigenvalue weighted by atomic mass is 9.79. The Kier molecular flexibility index (Phi) is 4.81. The molecule has 2 heterocycles. The molecule has 8 nitrogen and oxygen atoms in total. The summed E-state index contributed by atoms with van der Waals surface area (Å²) in [6.45, 7) is 2.94. The van der Waals surface area contributed by atoms with Gasteiger partial charge in [-0.05, 0) is 6.92 Å². The number of carbonyl (C=O) groups is 2. The van der Waals surface area contributed by atoms with Gasteiger partial charge >= 0.3 is 21.6 Å². The number of methoxy groups -OCH3 is 2. The number of alkyl halides is 3. The largest absolute Gasteiger partial charge is 0.534 e. The van der Waals surface area contributed by atoms with Crippen LogP contribution in [0, 0.1) is 11.8 Å². The van der Waals surface area contributed by atoms with Crippen LogP contribution in [0.25, 0.3) is 0 Å². The molecule has 0 aromatic heterocycles. The van der Waals surface area contributed by atoms with Crippen molar-refractivity contribution in [1.82, 2.24) is 4.90 Å². The number of ether oxygens (including phenoxy) is 2. The van der Waals surface area contributed by atoms with E-state index in [2.05, 4.69) is 8.92 Å². The first kappa shape index (κ1) is 19.5. The van der Waals surface area contributed by atoms with Crippen LogP contribution >= 0.6 is 0 Å². The van der Waals surface area contributed by atoms with Crippen LogP contribution in [0.4, 0.5) is 13.2 Å². The monoisotopic (exact) mass is 387 g/mol. The molecule has 12 heteroatoms. The van der Waals surface area contributed by atoms with Crippen LogP contribution in [0.3, 0.4) is 0 Å². The van der Waals surface area contributed by atoms with Crippen LogP contribution in [0.1, 0.15) is 13.8 Å². The van der Waals surface area contributed by atoms with Gasteiger partial charge in [-0.2, -0.15) is 21.6 Å². The minimum absolute atomic E-state index is 0.588. The summed E-state index contributed by atoms with van der Waals surface area (Å²) < 4.78 is 74.2. The topological polar surface area (TPSA) is 99.2 Å². The zero-order chi connectivity index (χ0) is 19.3. The van der Waals surface area contributed by atoms with Gasteiger partial charge in [0.05, 0.1) is 25.2 Å². The van der Waals surface area contributed by atoms with E-state index in [1.165, 1.54) is 14.0 Å². The number of nitrogens with zero attached hydrogens (tertiary/aromatic N) is 1. The highest BCUT2D eigenvalue weighted by atomic mass is 32.2. The van der Waals surface area contributed by atoms with Gasteiger partial charge in [-0.3, -0.25) is 9.69 Å². The van der Waals surface area contributed by atoms with E-state index in [4.69, 9.17) is 4.74 Å². The third-order valence-electron chi connectivity index (χ3n) is 4.33. The third-order valence-corrected chi connectivity index (χ3v) is 5.29. The van der Waals surface area contributed by atoms with Crippen molar-refractivity contribution in [2.75, 3.05) is 14.2 Å². The standard InChI is InChI=1S/C13H16F3NO7S/c1-5-8-7(6(2)22-3)11(18)17(8)9(12(19)23-4)10(5)24-25(20,21)13(14,15)16/h5-8H,1-4H3. The van der Waals surface area contributed by atoms with Crippen molar-refractivity contribution >= 4 is 22.0 Å². The van der Waals surface area contributed by atoms with Crippen molar-refractivity contribution in [1.29, 1.82) is 0 Å². The number of hydrogen-bond acceptors (Lipinski definition) is 7. The van der Waals surface area contributed by atoms with Gasteiger partial charge in [-0.1, -0.05) is 6.92 Å². The predicted molar refractivity (Wildman–Crippen MR) is 74.9 cm³/mol. The summed E-state index contributed by atoms with van der Waals surface area (Å²) in [6, 6.07) is -0.769. The van der Waals surface area contributed by atoms with Gasteiger partial charge < -0.3 is 13.7 Å². The summed E-state index contributed by atoms with van der Waals surface area (Å²) in [7, 11) is -3.71. The van der Waals surface area contributed by atoms with E-state index in [0.717, 1.165) is 12.0 Å². The van der Waals surface area contributed by atoms with Crippen LogP contribution in [0.15, 0.2) is 11.5 Å². The molecule has 0 aromatic rings. The van der Waals surface area contributed by atoms with Gasteiger partial charge in [0.1, 0.15) is 0 Å². The Morgan fingerprint density at radius 1 is 1.28 bits per heavy atom. The molecule has 0 spiro atoms. The number of halogens is 3. The second kappa shape index (κ2) is 6.16. The molecule has 4 atom stereocenters. The van der Waals surface area contributed by atoms with Crippen LogP contribution in [0.5, 0.6) is 0 Å². The molecular weight excluding hydrogens is 371 g/mol. The van der Waals surface area contributed by atoms with E-state index in [1.807, 2.05) is 0 Å². The number of carbonyl (C=O) groups excluding carboxylic acids is 2. The van der Waals surface area contributed by atoms with Crippen molar-refractivity contribution in [2.45, 2.75) is 31.5 Å². The van der Waals surface area contributed by atoms with Gasteiger partial charge in [0.2, 0.25) is 5.91 Å². The van der Waals surface area contributed by atoms with Crippen LogP contribution in [-0.2, 0) is 33.4 Å². The summed E-state index contributed by atoms with van der Waals surface area (Å²) in [5, 5.41) is 0. The highest BCUT2D eigenvalue weighted by molar-refractivity contribution is 7.87. The lowest BCUT2D eigenvalue weighted by Crippen LogP contribution is -2.63. The van der Waals surface area contributed by atoms with E-state index in [9.17, 15) is 31.2 Å². The number of esters is 1. The maximum absolute atomic E-state index is 12.6. The van der Waals surface area contributed by atoms with Gasteiger partial charge in [0, 0.05) is 13.0 Å². The van der Waals surface area contributed by atoms with Gasteiger partial charge in [-0.15, -0.1) is 0 Å². The highest BCUT2D eigenvalue weighted by Crippen LogP contribution is 2.49. The van der Waals surface area contributed by atoms with Crippen LogP contribution in [-0.4, -0.2) is 57.1 Å². The number of hydrogen-bond donors (Lipinski definition) is 0. The van der Waals surface area contributed by atoms with Crippen molar-refractivity contribution in [3.8, 4) is 0 Å². The lowest BCUT2D eigenvalue weighted by molar-refractivity contribution is -0.165. The number of rotatable bonds is 5. The Bertz CT molecular complexity index is 730. The highest BCUT2D eigenvalue weighted by Gasteiger charge is 2.63. The third kappa shape index (κ3) is 2.86. The fourth-order valence-corrected chi connectivity index (χ4v) is 3.58. The molecule has 0 saturated carbocycles. The molecule has 0 aliphatic carbocycles. The molecular formula is C13H16F3NO7S. The van der Waals surface area contributed by atoms with E-state index < -0.39 is 62.9 Å². The second-order valence-corrected chi connectivity index (χ2v) is 7.18. The van der Waals surface area contributed by atoms with E-state index in [-0.39, 0.29) is 0 Å². The average molecular weight is 387 g/mol. The Hall–Kier alpha value is -1.82. The Balaban J connectivity index is 2.48. The molecule has 2 rings (SSSR count). The average Bonchev–Trinajstić information content (AvgIpc) is 2.74. The summed E-state index contributed by atoms with van der Waals surface area (Å²) in [4.78, 5) is 25.1. The van der Waals surface area contributed by atoms with Crippen molar-refractivity contribution in [2.24, 2.45) is 11.8 Å². The molecule has 0 bridgehead atoms. The molecule has 2 aliphatic heterocycles. The molecule has 2 aliphatic rings. The van der Waals surface area contributed by atoms with Gasteiger partial charge in [0.25, 0.3) is 0 Å². The smallest absolute Gasteiger partial charge is 0.464 e. The van der Waals surface area contributed by atoms with Crippen molar-refractivity contribution < 1.29 is 44.8 Å². The Morgan fingerprint density at radius 3 is 2.28 bits per heavy atom. The normalized spacial score (nSPS) is 27.7. The first-order chi connectivity index (χ1) is 11.4. The fraction of sp³-hybridized carbons (Fsp3) is 0.692. The number of fused-ring (bicyclic) bond motifs is 1. The minimum Gasteiger partial charge on any atom is -0.464 e. The first-order valence-corrected chi connectivity index (χ1v) is 8.49. The quantitative estimate of drug-likeness (QED) is 0.297. The molecule has 0 radical (unpaired) electrons. The van der Waals surface area contributed by atoms with Crippen molar-refractivity contribution in [3.63, 3.8) is 0 Å². The van der Waals surface area contributed by atoms with Gasteiger partial charge in [0.15, 0.2) is 11.5 Å². The lowest BCUT2D eigenvalue weighted by Gasteiger charge is -2.46. The molecule has 0 N–H and O–H groups in total. The molecule has 0 aromatic carbocycles. The minimum atomic E-state index is -6.00. The Labute approximate surface area is 141 Å². The fourth-order valence-electron chi connectivity index (χ4n) is 3.02. The number of β-lactam (4-membered cyclic amide) rings is 1. The second-order valence-electron chi connectivity index (χ2n) is 5.64. The molecule has 1 saturated heterocycles. The van der Waals surface area contributed by atoms with Crippen LogP contribution in [0.2, 0.25) is 0 Å². The van der Waals surface area contributed by atoms with Crippen molar-refractivity contribution in [3.05, 3.63) is 11.5 Å².